The fourth-order valence-electron chi connectivity index (χ4n) is 2.01. The lowest BCUT2D eigenvalue weighted by molar-refractivity contribution is 0.112. The zero-order valence-electron chi connectivity index (χ0n) is 11.8. The largest absolute Gasteiger partial charge is 0.298 e. The van der Waals surface area contributed by atoms with Gasteiger partial charge in [-0.2, -0.15) is 5.10 Å². The van der Waals surface area contributed by atoms with Crippen LogP contribution in [0.15, 0.2) is 29.3 Å². The third-order valence-electron chi connectivity index (χ3n) is 2.90. The molecule has 0 N–H and O–H groups in total. The Bertz CT molecular complexity index is 622. The van der Waals surface area contributed by atoms with Crippen molar-refractivity contribution in [2.75, 3.05) is 6.26 Å². The molecule has 1 heterocycles. The van der Waals surface area contributed by atoms with Crippen LogP contribution in [0, 0.1) is 5.92 Å². The van der Waals surface area contributed by atoms with Gasteiger partial charge < -0.3 is 0 Å². The molecule has 0 saturated carbocycles. The topological polar surface area (TPSA) is 34.9 Å². The molecule has 2 rings (SSSR count). The highest BCUT2D eigenvalue weighted by molar-refractivity contribution is 7.98. The van der Waals surface area contributed by atoms with Crippen molar-refractivity contribution in [3.8, 4) is 11.3 Å². The third-order valence-corrected chi connectivity index (χ3v) is 3.94. The van der Waals surface area contributed by atoms with E-state index in [0.29, 0.717) is 22.2 Å². The predicted molar refractivity (Wildman–Crippen MR) is 84.7 cm³/mol. The van der Waals surface area contributed by atoms with Crippen LogP contribution in [0.1, 0.15) is 24.2 Å². The molecule has 0 spiro atoms. The van der Waals surface area contributed by atoms with E-state index >= 15 is 0 Å². The molecule has 5 heteroatoms. The Hall–Kier alpha value is -1.26. The maximum absolute atomic E-state index is 11.2. The summed E-state index contributed by atoms with van der Waals surface area (Å²) in [6.07, 6.45) is 4.61. The van der Waals surface area contributed by atoms with Crippen LogP contribution in [0.25, 0.3) is 11.3 Å². The van der Waals surface area contributed by atoms with Crippen molar-refractivity contribution in [3.63, 3.8) is 0 Å². The molecule has 0 fully saturated rings. The molecule has 106 valence electrons. The van der Waals surface area contributed by atoms with Crippen LogP contribution in [0.3, 0.4) is 0 Å². The van der Waals surface area contributed by atoms with E-state index in [-0.39, 0.29) is 0 Å². The Labute approximate surface area is 128 Å². The van der Waals surface area contributed by atoms with Crippen LogP contribution in [-0.2, 0) is 6.54 Å². The lowest BCUT2D eigenvalue weighted by Crippen LogP contribution is -2.04. The summed E-state index contributed by atoms with van der Waals surface area (Å²) in [5.41, 5.74) is 2.02. The van der Waals surface area contributed by atoms with Gasteiger partial charge in [0.15, 0.2) is 6.29 Å². The summed E-state index contributed by atoms with van der Waals surface area (Å²) < 4.78 is 1.81. The van der Waals surface area contributed by atoms with Gasteiger partial charge in [-0.15, -0.1) is 11.8 Å². The number of carbonyl (C=O) groups excluding carboxylic acids is 1. The molecule has 0 saturated heterocycles. The van der Waals surface area contributed by atoms with Crippen LogP contribution >= 0.6 is 23.4 Å². The molecule has 0 amide bonds. The zero-order valence-corrected chi connectivity index (χ0v) is 13.3. The van der Waals surface area contributed by atoms with Gasteiger partial charge in [0.25, 0.3) is 0 Å². The second kappa shape index (κ2) is 6.46. The van der Waals surface area contributed by atoms with E-state index in [1.54, 1.807) is 18.0 Å². The summed E-state index contributed by atoms with van der Waals surface area (Å²) in [6.45, 7) is 5.01. The Morgan fingerprint density at radius 3 is 2.75 bits per heavy atom. The van der Waals surface area contributed by atoms with Gasteiger partial charge in [-0.25, -0.2) is 0 Å². The third kappa shape index (κ3) is 3.25. The Kier molecular flexibility index (Phi) is 4.89. The molecule has 0 atom stereocenters. The highest BCUT2D eigenvalue weighted by Gasteiger charge is 2.14. The minimum absolute atomic E-state index is 0.469. The van der Waals surface area contributed by atoms with E-state index in [0.717, 1.165) is 23.3 Å². The smallest absolute Gasteiger partial charge is 0.153 e. The predicted octanol–water partition coefficient (Wildman–Crippen LogP) is 4.39. The van der Waals surface area contributed by atoms with Gasteiger partial charge in [0.05, 0.1) is 10.6 Å². The first kappa shape index (κ1) is 15.1. The Morgan fingerprint density at radius 2 is 2.20 bits per heavy atom. The van der Waals surface area contributed by atoms with E-state index in [1.165, 1.54) is 0 Å². The van der Waals surface area contributed by atoms with E-state index < -0.39 is 0 Å². The average Bonchev–Trinajstić information content (AvgIpc) is 2.80. The number of aromatic nitrogens is 2. The monoisotopic (exact) mass is 308 g/mol. The molecule has 0 aliphatic heterocycles. The summed E-state index contributed by atoms with van der Waals surface area (Å²) in [5, 5.41) is 5.12. The molecule has 1 aromatic heterocycles. The van der Waals surface area contributed by atoms with Gasteiger partial charge in [0.2, 0.25) is 0 Å². The normalized spacial score (nSPS) is 11.1. The van der Waals surface area contributed by atoms with Crippen LogP contribution in [0.2, 0.25) is 5.02 Å². The van der Waals surface area contributed by atoms with Gasteiger partial charge in [-0.05, 0) is 24.3 Å². The fourth-order valence-corrected chi connectivity index (χ4v) is 2.79. The van der Waals surface area contributed by atoms with Gasteiger partial charge in [-0.3, -0.25) is 9.48 Å². The average molecular weight is 309 g/mol. The Morgan fingerprint density at radius 1 is 1.45 bits per heavy atom. The molecular formula is C15H17ClN2OS. The maximum Gasteiger partial charge on any atom is 0.153 e. The van der Waals surface area contributed by atoms with Crippen molar-refractivity contribution in [2.24, 2.45) is 5.92 Å². The Balaban J connectivity index is 2.46. The van der Waals surface area contributed by atoms with Crippen molar-refractivity contribution >= 4 is 29.6 Å². The molecule has 0 unspecified atom stereocenters. The molecule has 2 aromatic rings. The van der Waals surface area contributed by atoms with Crippen LogP contribution in [0.4, 0.5) is 0 Å². The maximum atomic E-state index is 11.2. The van der Waals surface area contributed by atoms with Crippen molar-refractivity contribution < 1.29 is 4.79 Å². The number of nitrogens with zero attached hydrogens (tertiary/aromatic N) is 2. The van der Waals surface area contributed by atoms with Gasteiger partial charge in [-0.1, -0.05) is 31.5 Å². The lowest BCUT2D eigenvalue weighted by Gasteiger charge is -2.05. The molecule has 0 radical (unpaired) electrons. The molecule has 0 aliphatic rings. The highest BCUT2D eigenvalue weighted by atomic mass is 35.5. The van der Waals surface area contributed by atoms with Crippen LogP contribution in [0.5, 0.6) is 0 Å². The lowest BCUT2D eigenvalue weighted by atomic mass is 10.1. The highest BCUT2D eigenvalue weighted by Crippen LogP contribution is 2.32. The number of carbonyl (C=O) groups is 1. The number of rotatable bonds is 5. The molecule has 3 nitrogen and oxygen atoms in total. The van der Waals surface area contributed by atoms with Crippen LogP contribution in [-0.4, -0.2) is 22.3 Å². The summed E-state index contributed by atoms with van der Waals surface area (Å²) in [6, 6.07) is 5.81. The van der Waals surface area contributed by atoms with Crippen molar-refractivity contribution in [3.05, 3.63) is 35.0 Å². The van der Waals surface area contributed by atoms with Crippen molar-refractivity contribution in [2.45, 2.75) is 25.3 Å². The van der Waals surface area contributed by atoms with E-state index in [4.69, 9.17) is 11.6 Å². The second-order valence-electron chi connectivity index (χ2n) is 5.01. The first-order valence-electron chi connectivity index (χ1n) is 6.41. The minimum Gasteiger partial charge on any atom is -0.298 e. The molecule has 0 aliphatic carbocycles. The number of thioether (sulfide) groups is 1. The van der Waals surface area contributed by atoms with E-state index in [9.17, 15) is 4.79 Å². The summed E-state index contributed by atoms with van der Waals surface area (Å²) >= 11 is 7.94. The van der Waals surface area contributed by atoms with Gasteiger partial charge in [0.1, 0.15) is 5.69 Å². The van der Waals surface area contributed by atoms with Crippen molar-refractivity contribution in [1.82, 2.24) is 9.78 Å². The number of aldehydes is 1. The standard InChI is InChI=1S/C15H17ClN2OS/c1-10(2)7-18-8-11(9-19)15(17-18)13-5-4-12(20-3)6-14(13)16/h4-6,8-10H,7H2,1-3H3. The van der Waals surface area contributed by atoms with Crippen molar-refractivity contribution in [1.29, 1.82) is 0 Å². The summed E-state index contributed by atoms with van der Waals surface area (Å²) in [5.74, 6) is 0.469. The number of hydrogen-bond acceptors (Lipinski definition) is 3. The number of hydrogen-bond donors (Lipinski definition) is 0. The molecule has 20 heavy (non-hydrogen) atoms. The molecular weight excluding hydrogens is 292 g/mol. The van der Waals surface area contributed by atoms with Crippen LogP contribution < -0.4 is 0 Å². The quantitative estimate of drug-likeness (QED) is 0.607. The summed E-state index contributed by atoms with van der Waals surface area (Å²) in [7, 11) is 0. The first-order valence-corrected chi connectivity index (χ1v) is 8.02. The minimum atomic E-state index is 0.469. The summed E-state index contributed by atoms with van der Waals surface area (Å²) in [4.78, 5) is 12.3. The van der Waals surface area contributed by atoms with E-state index in [2.05, 4.69) is 18.9 Å². The molecule has 1 aromatic carbocycles. The number of halogens is 1. The van der Waals surface area contributed by atoms with Gasteiger partial charge in [0, 0.05) is 23.2 Å². The van der Waals surface area contributed by atoms with E-state index in [1.807, 2.05) is 29.1 Å². The zero-order chi connectivity index (χ0) is 14.7. The SMILES string of the molecule is CSc1ccc(-c2nn(CC(C)C)cc2C=O)c(Cl)c1. The number of benzene rings is 1. The second-order valence-corrected chi connectivity index (χ2v) is 6.30. The van der Waals surface area contributed by atoms with Gasteiger partial charge >= 0.3 is 0 Å². The first-order chi connectivity index (χ1) is 9.55. The fraction of sp³-hybridized carbons (Fsp3) is 0.333. The molecule has 0 bridgehead atoms.